The number of hydrogen-bond donors (Lipinski definition) is 1. The maximum atomic E-state index is 13.0. The second-order valence-electron chi connectivity index (χ2n) is 7.70. The number of ether oxygens (including phenoxy) is 3. The van der Waals surface area contributed by atoms with E-state index in [9.17, 15) is 9.59 Å². The van der Waals surface area contributed by atoms with E-state index in [0.717, 1.165) is 5.70 Å². The molecule has 0 unspecified atom stereocenters. The molecule has 7 heteroatoms. The summed E-state index contributed by atoms with van der Waals surface area (Å²) in [5.41, 5.74) is 1.94. The third kappa shape index (κ3) is 3.22. The van der Waals surface area contributed by atoms with Crippen molar-refractivity contribution in [1.82, 2.24) is 10.2 Å². The summed E-state index contributed by atoms with van der Waals surface area (Å²) in [6.45, 7) is 4.09. The fraction of sp³-hybridized carbons (Fsp3) is 0.500. The average molecular weight is 374 g/mol. The van der Waals surface area contributed by atoms with Gasteiger partial charge < -0.3 is 24.4 Å². The smallest absolute Gasteiger partial charge is 0.322 e. The Morgan fingerprint density at radius 3 is 2.15 bits per heavy atom. The number of urea groups is 1. The van der Waals surface area contributed by atoms with Gasteiger partial charge in [0.05, 0.1) is 27.4 Å². The number of carbonyl (C=O) groups excluding carboxylic acids is 2. The van der Waals surface area contributed by atoms with Crippen molar-refractivity contribution in [3.63, 3.8) is 0 Å². The molecule has 0 fully saturated rings. The molecule has 0 radical (unpaired) electrons. The molecule has 27 heavy (non-hydrogen) atoms. The van der Waals surface area contributed by atoms with Crippen LogP contribution in [0.1, 0.15) is 38.3 Å². The van der Waals surface area contributed by atoms with Gasteiger partial charge in [-0.1, -0.05) is 13.8 Å². The molecular weight excluding hydrogens is 348 g/mol. The van der Waals surface area contributed by atoms with Gasteiger partial charge in [-0.3, -0.25) is 4.79 Å². The number of carbonyl (C=O) groups is 2. The van der Waals surface area contributed by atoms with E-state index in [1.165, 1.54) is 21.3 Å². The molecule has 1 aliphatic heterocycles. The van der Waals surface area contributed by atoms with Gasteiger partial charge in [-0.25, -0.2) is 4.79 Å². The van der Waals surface area contributed by atoms with Gasteiger partial charge in [-0.2, -0.15) is 0 Å². The molecule has 0 spiro atoms. The summed E-state index contributed by atoms with van der Waals surface area (Å²) in [7, 11) is 6.30. The fourth-order valence-corrected chi connectivity index (χ4v) is 3.86. The maximum absolute atomic E-state index is 13.0. The lowest BCUT2D eigenvalue weighted by Gasteiger charge is -2.42. The molecule has 1 N–H and O–H groups in total. The molecule has 1 aliphatic carbocycles. The first kappa shape index (κ1) is 19.1. The van der Waals surface area contributed by atoms with Crippen molar-refractivity contribution >= 4 is 11.8 Å². The fourth-order valence-electron chi connectivity index (χ4n) is 3.86. The van der Waals surface area contributed by atoms with Crippen molar-refractivity contribution in [1.29, 1.82) is 0 Å². The third-order valence-corrected chi connectivity index (χ3v) is 5.18. The molecule has 1 aromatic carbocycles. The van der Waals surface area contributed by atoms with Gasteiger partial charge in [0, 0.05) is 24.7 Å². The first-order valence-corrected chi connectivity index (χ1v) is 8.82. The Hall–Kier alpha value is -2.70. The first-order chi connectivity index (χ1) is 12.7. The molecule has 2 aliphatic rings. The molecular formula is C20H26N2O5. The first-order valence-electron chi connectivity index (χ1n) is 8.82. The van der Waals surface area contributed by atoms with Crippen LogP contribution < -0.4 is 19.5 Å². The van der Waals surface area contributed by atoms with Crippen LogP contribution in [0.25, 0.3) is 0 Å². The average Bonchev–Trinajstić information content (AvgIpc) is 2.62. The van der Waals surface area contributed by atoms with Crippen LogP contribution in [-0.4, -0.2) is 45.1 Å². The maximum Gasteiger partial charge on any atom is 0.322 e. The van der Waals surface area contributed by atoms with Gasteiger partial charge >= 0.3 is 6.03 Å². The van der Waals surface area contributed by atoms with E-state index in [4.69, 9.17) is 14.2 Å². The molecule has 0 saturated heterocycles. The second-order valence-corrected chi connectivity index (χ2v) is 7.70. The number of rotatable bonds is 4. The summed E-state index contributed by atoms with van der Waals surface area (Å²) >= 11 is 0. The largest absolute Gasteiger partial charge is 0.493 e. The van der Waals surface area contributed by atoms with Crippen molar-refractivity contribution in [3.05, 3.63) is 29.0 Å². The van der Waals surface area contributed by atoms with Crippen molar-refractivity contribution < 1.29 is 23.8 Å². The Morgan fingerprint density at radius 2 is 1.63 bits per heavy atom. The van der Waals surface area contributed by atoms with Crippen LogP contribution >= 0.6 is 0 Å². The van der Waals surface area contributed by atoms with Crippen LogP contribution in [0.5, 0.6) is 17.2 Å². The number of nitrogens with zero attached hydrogens (tertiary/aromatic N) is 1. The van der Waals surface area contributed by atoms with Gasteiger partial charge in [0.15, 0.2) is 17.3 Å². The van der Waals surface area contributed by atoms with Crippen LogP contribution in [0.3, 0.4) is 0 Å². The zero-order valence-corrected chi connectivity index (χ0v) is 16.6. The van der Waals surface area contributed by atoms with E-state index in [1.54, 1.807) is 24.1 Å². The van der Waals surface area contributed by atoms with Crippen LogP contribution in [0.2, 0.25) is 0 Å². The number of allylic oxidation sites excluding steroid dienone is 1. The second kappa shape index (κ2) is 6.79. The summed E-state index contributed by atoms with van der Waals surface area (Å²) in [5, 5.41) is 2.94. The lowest BCUT2D eigenvalue weighted by Crippen LogP contribution is -2.49. The Balaban J connectivity index is 2.17. The van der Waals surface area contributed by atoms with Gasteiger partial charge in [0.1, 0.15) is 0 Å². The molecule has 146 valence electrons. The van der Waals surface area contributed by atoms with Gasteiger partial charge in [0.2, 0.25) is 5.75 Å². The Morgan fingerprint density at radius 1 is 1.04 bits per heavy atom. The summed E-state index contributed by atoms with van der Waals surface area (Å²) in [4.78, 5) is 27.1. The molecule has 3 rings (SSSR count). The minimum absolute atomic E-state index is 0.0480. The van der Waals surface area contributed by atoms with Gasteiger partial charge in [-0.15, -0.1) is 0 Å². The van der Waals surface area contributed by atoms with Crippen LogP contribution in [0.4, 0.5) is 4.79 Å². The number of nitrogens with one attached hydrogen (secondary N) is 1. The highest BCUT2D eigenvalue weighted by atomic mass is 16.5. The number of methoxy groups -OCH3 is 3. The number of benzene rings is 1. The number of Topliss-reactive ketones (excluding diaryl/α,β-unsaturated/α-hetero) is 1. The predicted octanol–water partition coefficient (Wildman–Crippen LogP) is 3.05. The topological polar surface area (TPSA) is 77.1 Å². The molecule has 1 aromatic rings. The Kier molecular flexibility index (Phi) is 4.80. The third-order valence-electron chi connectivity index (χ3n) is 5.18. The highest BCUT2D eigenvalue weighted by Crippen LogP contribution is 2.46. The highest BCUT2D eigenvalue weighted by molar-refractivity contribution is 6.01. The molecule has 1 atom stereocenters. The van der Waals surface area contributed by atoms with E-state index in [-0.39, 0.29) is 17.2 Å². The lowest BCUT2D eigenvalue weighted by molar-refractivity contribution is -0.118. The van der Waals surface area contributed by atoms with Crippen molar-refractivity contribution in [2.24, 2.45) is 5.41 Å². The van der Waals surface area contributed by atoms with Crippen molar-refractivity contribution in [3.8, 4) is 17.2 Å². The SMILES string of the molecule is COc1cc([C@H]2NC(=O)N(C)C3=C2C(=O)CC(C)(C)C3)cc(OC)c1OC. The zero-order valence-electron chi connectivity index (χ0n) is 16.6. The Bertz CT molecular complexity index is 803. The summed E-state index contributed by atoms with van der Waals surface area (Å²) in [6.07, 6.45) is 1.11. The van der Waals surface area contributed by atoms with Crippen LogP contribution in [0.15, 0.2) is 23.4 Å². The van der Waals surface area contributed by atoms with Crippen molar-refractivity contribution in [2.45, 2.75) is 32.7 Å². The zero-order chi connectivity index (χ0) is 19.9. The minimum Gasteiger partial charge on any atom is -0.493 e. The van der Waals surface area contributed by atoms with Crippen LogP contribution in [-0.2, 0) is 4.79 Å². The molecule has 2 amide bonds. The molecule has 0 bridgehead atoms. The number of ketones is 1. The van der Waals surface area contributed by atoms with E-state index in [1.807, 2.05) is 13.8 Å². The molecule has 0 saturated carbocycles. The monoisotopic (exact) mass is 374 g/mol. The Labute approximate surface area is 159 Å². The van der Waals surface area contributed by atoms with E-state index in [2.05, 4.69) is 5.32 Å². The van der Waals surface area contributed by atoms with Crippen LogP contribution in [0, 0.1) is 5.41 Å². The highest BCUT2D eigenvalue weighted by Gasteiger charge is 2.43. The van der Waals surface area contributed by atoms with E-state index >= 15 is 0 Å². The van der Waals surface area contributed by atoms with Gasteiger partial charge in [-0.05, 0) is 29.5 Å². The van der Waals surface area contributed by atoms with Crippen molar-refractivity contribution in [2.75, 3.05) is 28.4 Å². The summed E-state index contributed by atoms with van der Waals surface area (Å²) < 4.78 is 16.2. The summed E-state index contributed by atoms with van der Waals surface area (Å²) in [5.74, 6) is 1.47. The minimum atomic E-state index is -0.555. The predicted molar refractivity (Wildman–Crippen MR) is 100 cm³/mol. The molecule has 7 nitrogen and oxygen atoms in total. The summed E-state index contributed by atoms with van der Waals surface area (Å²) in [6, 6.07) is 2.75. The number of amides is 2. The molecule has 0 aromatic heterocycles. The van der Waals surface area contributed by atoms with E-state index < -0.39 is 6.04 Å². The normalized spacial score (nSPS) is 21.6. The van der Waals surface area contributed by atoms with Gasteiger partial charge in [0.25, 0.3) is 0 Å². The molecule has 1 heterocycles. The lowest BCUT2D eigenvalue weighted by atomic mass is 9.72. The number of hydrogen-bond acceptors (Lipinski definition) is 5. The van der Waals surface area contributed by atoms with E-state index in [0.29, 0.717) is 41.2 Å². The quantitative estimate of drug-likeness (QED) is 0.876. The standard InChI is InChI=1S/C20H26N2O5/c1-20(2)9-12-16(13(23)10-20)17(21-19(24)22(12)3)11-7-14(25-4)18(27-6)15(8-11)26-5/h7-8,17H,9-10H2,1-6H3,(H,21,24)/t17-/m1/s1.